The molecule has 0 aliphatic heterocycles. The third-order valence-corrected chi connectivity index (χ3v) is 4.64. The summed E-state index contributed by atoms with van der Waals surface area (Å²) in [5, 5.41) is 9.45. The maximum absolute atomic E-state index is 12.3. The van der Waals surface area contributed by atoms with Gasteiger partial charge in [0.2, 0.25) is 0 Å². The summed E-state index contributed by atoms with van der Waals surface area (Å²) < 4.78 is 5.23. The number of guanidine groups is 1. The topological polar surface area (TPSA) is 78.7 Å². The van der Waals surface area contributed by atoms with E-state index in [9.17, 15) is 4.79 Å². The first-order valence-corrected chi connectivity index (χ1v) is 10.5. The molecule has 27 heavy (non-hydrogen) atoms. The second kappa shape index (κ2) is 12.1. The Kier molecular flexibility index (Phi) is 9.34. The molecule has 0 saturated heterocycles. The molecule has 146 valence electrons. The van der Waals surface area contributed by atoms with Crippen molar-refractivity contribution in [2.75, 3.05) is 25.6 Å². The van der Waals surface area contributed by atoms with E-state index in [1.54, 1.807) is 25.4 Å². The molecule has 0 fully saturated rings. The monoisotopic (exact) mass is 388 g/mol. The quantitative estimate of drug-likeness (QED) is 0.331. The van der Waals surface area contributed by atoms with Gasteiger partial charge in [-0.15, -0.1) is 0 Å². The first kappa shape index (κ1) is 20.9. The molecular weight excluding hydrogens is 360 g/mol. The van der Waals surface area contributed by atoms with Crippen LogP contribution >= 0.6 is 11.8 Å². The van der Waals surface area contributed by atoms with Crippen LogP contribution in [0.15, 0.2) is 52.1 Å². The number of carbonyl (C=O) groups is 1. The summed E-state index contributed by atoms with van der Waals surface area (Å²) in [6.07, 6.45) is 6.03. The molecule has 0 radical (unpaired) electrons. The zero-order valence-electron chi connectivity index (χ0n) is 16.0. The predicted molar refractivity (Wildman–Crippen MR) is 112 cm³/mol. The van der Waals surface area contributed by atoms with E-state index in [4.69, 9.17) is 4.42 Å². The summed E-state index contributed by atoms with van der Waals surface area (Å²) in [5.41, 5.74) is 1.65. The molecular formula is C20H28N4O2S. The number of nitrogens with zero attached hydrogens (tertiary/aromatic N) is 1. The van der Waals surface area contributed by atoms with Gasteiger partial charge < -0.3 is 20.4 Å². The second-order valence-electron chi connectivity index (χ2n) is 6.01. The van der Waals surface area contributed by atoms with Gasteiger partial charge >= 0.3 is 0 Å². The van der Waals surface area contributed by atoms with Gasteiger partial charge in [-0.25, -0.2) is 0 Å². The fourth-order valence-corrected chi connectivity index (χ4v) is 2.98. The minimum Gasteiger partial charge on any atom is -0.467 e. The Morgan fingerprint density at radius 2 is 2.00 bits per heavy atom. The highest BCUT2D eigenvalue weighted by Crippen LogP contribution is 2.06. The lowest BCUT2D eigenvalue weighted by Gasteiger charge is -2.12. The van der Waals surface area contributed by atoms with Crippen LogP contribution in [0.2, 0.25) is 0 Å². The number of hydrogen-bond donors (Lipinski definition) is 3. The number of hydrogen-bond acceptors (Lipinski definition) is 4. The minimum absolute atomic E-state index is 0.121. The number of furan rings is 1. The van der Waals surface area contributed by atoms with Crippen molar-refractivity contribution in [2.45, 2.75) is 25.9 Å². The van der Waals surface area contributed by atoms with Crippen molar-refractivity contribution in [1.82, 2.24) is 16.0 Å². The number of benzene rings is 1. The van der Waals surface area contributed by atoms with Crippen LogP contribution in [0, 0.1) is 0 Å². The molecule has 0 unspecified atom stereocenters. The van der Waals surface area contributed by atoms with Crippen LogP contribution in [-0.4, -0.2) is 37.5 Å². The van der Waals surface area contributed by atoms with Gasteiger partial charge in [0.25, 0.3) is 5.91 Å². The maximum Gasteiger partial charge on any atom is 0.251 e. The van der Waals surface area contributed by atoms with Gasteiger partial charge in [0.1, 0.15) is 5.76 Å². The molecule has 7 heteroatoms. The van der Waals surface area contributed by atoms with Crippen LogP contribution < -0.4 is 16.0 Å². The number of thioether (sulfide) groups is 1. The third-order valence-electron chi connectivity index (χ3n) is 3.94. The van der Waals surface area contributed by atoms with Gasteiger partial charge in [-0.05, 0) is 54.7 Å². The molecule has 3 N–H and O–H groups in total. The number of carbonyl (C=O) groups excluding carboxylic acids is 1. The Labute approximate surface area is 165 Å². The predicted octanol–water partition coefficient (Wildman–Crippen LogP) is 3.02. The van der Waals surface area contributed by atoms with Gasteiger partial charge in [0.05, 0.1) is 12.8 Å². The summed E-state index contributed by atoms with van der Waals surface area (Å²) in [4.78, 5) is 16.5. The molecule has 1 aromatic heterocycles. The van der Waals surface area contributed by atoms with Gasteiger partial charge in [0, 0.05) is 25.7 Å². The highest BCUT2D eigenvalue weighted by molar-refractivity contribution is 7.98. The third kappa shape index (κ3) is 7.78. The van der Waals surface area contributed by atoms with Crippen LogP contribution in [0.1, 0.15) is 34.5 Å². The fraction of sp³-hybridized carbons (Fsp3) is 0.400. The number of unbranched alkanes of at least 4 members (excludes halogenated alkanes) is 1. The van der Waals surface area contributed by atoms with Crippen molar-refractivity contribution in [3.05, 3.63) is 59.5 Å². The van der Waals surface area contributed by atoms with E-state index in [1.165, 1.54) is 12.2 Å². The lowest BCUT2D eigenvalue weighted by molar-refractivity contribution is 0.0948. The second-order valence-corrected chi connectivity index (χ2v) is 7.00. The number of amides is 1. The Hall–Kier alpha value is -2.41. The molecule has 1 heterocycles. The van der Waals surface area contributed by atoms with Gasteiger partial charge in [-0.1, -0.05) is 12.1 Å². The average molecular weight is 389 g/mol. The first-order chi connectivity index (χ1) is 13.2. The Bertz CT molecular complexity index is 717. The van der Waals surface area contributed by atoms with Crippen LogP contribution in [0.25, 0.3) is 0 Å². The van der Waals surface area contributed by atoms with Crippen molar-refractivity contribution in [2.24, 2.45) is 4.99 Å². The first-order valence-electron chi connectivity index (χ1n) is 9.06. The van der Waals surface area contributed by atoms with Crippen LogP contribution in [0.3, 0.4) is 0 Å². The van der Waals surface area contributed by atoms with Crippen molar-refractivity contribution in [1.29, 1.82) is 0 Å². The molecule has 0 saturated carbocycles. The summed E-state index contributed by atoms with van der Waals surface area (Å²) in [7, 11) is 1.76. The Balaban J connectivity index is 1.79. The van der Waals surface area contributed by atoms with Crippen LogP contribution in [0.4, 0.5) is 0 Å². The van der Waals surface area contributed by atoms with Crippen LogP contribution in [-0.2, 0) is 13.1 Å². The summed E-state index contributed by atoms with van der Waals surface area (Å²) in [6, 6.07) is 11.2. The number of rotatable bonds is 10. The number of nitrogens with one attached hydrogen (secondary N) is 3. The van der Waals surface area contributed by atoms with E-state index in [2.05, 4.69) is 27.2 Å². The van der Waals surface area contributed by atoms with Gasteiger partial charge in [-0.2, -0.15) is 11.8 Å². The molecule has 2 aromatic rings. The summed E-state index contributed by atoms with van der Waals surface area (Å²) >= 11 is 1.87. The molecule has 0 atom stereocenters. The zero-order valence-corrected chi connectivity index (χ0v) is 16.8. The van der Waals surface area contributed by atoms with E-state index in [0.717, 1.165) is 30.2 Å². The van der Waals surface area contributed by atoms with E-state index in [-0.39, 0.29) is 5.91 Å². The molecule has 6 nitrogen and oxygen atoms in total. The largest absolute Gasteiger partial charge is 0.467 e. The molecule has 1 amide bonds. The Morgan fingerprint density at radius 3 is 2.74 bits per heavy atom. The maximum atomic E-state index is 12.3. The lowest BCUT2D eigenvalue weighted by Crippen LogP contribution is -2.37. The molecule has 0 aliphatic rings. The van der Waals surface area contributed by atoms with Crippen molar-refractivity contribution in [3.63, 3.8) is 0 Å². The highest BCUT2D eigenvalue weighted by Gasteiger charge is 2.07. The SMILES string of the molecule is CN=C(NCCCCSC)NCc1cccc(C(=O)NCc2ccco2)c1. The fourth-order valence-electron chi connectivity index (χ4n) is 2.49. The standard InChI is InChI=1S/C20H28N4O2S/c1-21-20(22-10-3-4-12-27-2)24-14-16-7-5-8-17(13-16)19(25)23-15-18-9-6-11-26-18/h5-9,11,13H,3-4,10,12,14-15H2,1-2H3,(H,23,25)(H2,21,22,24). The molecule has 2 rings (SSSR count). The Morgan fingerprint density at radius 1 is 1.11 bits per heavy atom. The smallest absolute Gasteiger partial charge is 0.251 e. The highest BCUT2D eigenvalue weighted by atomic mass is 32.2. The zero-order chi connectivity index (χ0) is 19.3. The lowest BCUT2D eigenvalue weighted by atomic mass is 10.1. The molecule has 1 aromatic carbocycles. The van der Waals surface area contributed by atoms with E-state index >= 15 is 0 Å². The van der Waals surface area contributed by atoms with E-state index in [0.29, 0.717) is 18.7 Å². The van der Waals surface area contributed by atoms with Crippen LogP contribution in [0.5, 0.6) is 0 Å². The van der Waals surface area contributed by atoms with Crippen molar-refractivity contribution < 1.29 is 9.21 Å². The summed E-state index contributed by atoms with van der Waals surface area (Å²) in [5.74, 6) is 2.56. The van der Waals surface area contributed by atoms with Gasteiger partial charge in [0.15, 0.2) is 5.96 Å². The molecule has 0 bridgehead atoms. The van der Waals surface area contributed by atoms with Crippen molar-refractivity contribution in [3.8, 4) is 0 Å². The average Bonchev–Trinajstić information content (AvgIpc) is 3.22. The van der Waals surface area contributed by atoms with E-state index < -0.39 is 0 Å². The van der Waals surface area contributed by atoms with Gasteiger partial charge in [-0.3, -0.25) is 9.79 Å². The van der Waals surface area contributed by atoms with E-state index in [1.807, 2.05) is 36.0 Å². The normalized spacial score (nSPS) is 11.3. The molecule has 0 spiro atoms. The minimum atomic E-state index is -0.121. The number of aliphatic imine (C=N–C) groups is 1. The van der Waals surface area contributed by atoms with Crippen molar-refractivity contribution >= 4 is 23.6 Å². The summed E-state index contributed by atoms with van der Waals surface area (Å²) in [6.45, 7) is 1.88. The molecule has 0 aliphatic carbocycles.